The summed E-state index contributed by atoms with van der Waals surface area (Å²) in [6.07, 6.45) is -0.194. The molecule has 1 heterocycles. The highest BCUT2D eigenvalue weighted by atomic mass is 35.5. The van der Waals surface area contributed by atoms with E-state index in [-0.39, 0.29) is 35.0 Å². The summed E-state index contributed by atoms with van der Waals surface area (Å²) in [5.41, 5.74) is -0.917. The Morgan fingerprint density at radius 1 is 1.04 bits per heavy atom. The quantitative estimate of drug-likeness (QED) is 0.718. The van der Waals surface area contributed by atoms with Crippen molar-refractivity contribution in [3.8, 4) is 23.0 Å². The van der Waals surface area contributed by atoms with Gasteiger partial charge in [-0.05, 0) is 17.7 Å². The fourth-order valence-corrected chi connectivity index (χ4v) is 3.15. The minimum Gasteiger partial charge on any atom is -0.508 e. The maximum Gasteiger partial charge on any atom is 0.174 e. The summed E-state index contributed by atoms with van der Waals surface area (Å²) < 4.78 is 5.85. The number of rotatable bonds is 2. The third kappa shape index (κ3) is 2.56. The number of phenolic OH excluding ortho intramolecular Hbond substituents is 3. The molecule has 5 nitrogen and oxygen atoms in total. The monoisotopic (exact) mass is 354 g/mol. The maximum absolute atomic E-state index is 12.5. The second kappa shape index (κ2) is 5.51. The van der Waals surface area contributed by atoms with Crippen LogP contribution in [0.5, 0.6) is 23.0 Å². The van der Waals surface area contributed by atoms with Gasteiger partial charge in [-0.15, -0.1) is 23.2 Å². The molecule has 0 fully saturated rings. The lowest BCUT2D eigenvalue weighted by Gasteiger charge is -2.39. The van der Waals surface area contributed by atoms with E-state index in [4.69, 9.17) is 27.9 Å². The third-order valence-electron chi connectivity index (χ3n) is 3.77. The molecule has 1 aliphatic rings. The van der Waals surface area contributed by atoms with E-state index in [9.17, 15) is 20.1 Å². The Balaban J connectivity index is 2.17. The van der Waals surface area contributed by atoms with E-state index in [0.717, 1.165) is 6.07 Å². The van der Waals surface area contributed by atoms with Crippen LogP contribution in [0.2, 0.25) is 0 Å². The van der Waals surface area contributed by atoms with E-state index in [1.807, 2.05) is 0 Å². The maximum atomic E-state index is 12.5. The van der Waals surface area contributed by atoms with Gasteiger partial charge in [-0.3, -0.25) is 4.79 Å². The molecule has 2 aromatic carbocycles. The second-order valence-electron chi connectivity index (χ2n) is 5.28. The zero-order chi connectivity index (χ0) is 16.8. The summed E-state index contributed by atoms with van der Waals surface area (Å²) >= 11 is 12.2. The number of carbonyl (C=O) groups is 1. The standard InChI is InChI=1S/C16H12Cl2O5/c17-15(18)16(8-1-3-9(19)4-2-8)7-12(22)14-11(21)5-10(20)6-13(14)23-16/h1-6,15,19-21H,7H2. The zero-order valence-corrected chi connectivity index (χ0v) is 13.2. The zero-order valence-electron chi connectivity index (χ0n) is 11.7. The Morgan fingerprint density at radius 2 is 1.70 bits per heavy atom. The number of hydrogen-bond acceptors (Lipinski definition) is 5. The number of ketones is 1. The molecule has 3 rings (SSSR count). The first-order chi connectivity index (χ1) is 10.8. The number of phenols is 3. The smallest absolute Gasteiger partial charge is 0.174 e. The van der Waals surface area contributed by atoms with Gasteiger partial charge in [-0.25, -0.2) is 0 Å². The Labute approximate surface area is 141 Å². The van der Waals surface area contributed by atoms with Gasteiger partial charge in [0, 0.05) is 12.1 Å². The molecule has 3 N–H and O–H groups in total. The van der Waals surface area contributed by atoms with Gasteiger partial charge in [0.05, 0.1) is 6.42 Å². The fourth-order valence-electron chi connectivity index (χ4n) is 2.66. The summed E-state index contributed by atoms with van der Waals surface area (Å²) in [7, 11) is 0. The lowest BCUT2D eigenvalue weighted by Crippen LogP contribution is -2.44. The number of benzene rings is 2. The summed E-state index contributed by atoms with van der Waals surface area (Å²) in [5, 5.41) is 28.9. The molecule has 1 atom stereocenters. The number of Topliss-reactive ketones (excluding diaryl/α,β-unsaturated/α-hetero) is 1. The van der Waals surface area contributed by atoms with Gasteiger partial charge in [0.15, 0.2) is 16.2 Å². The molecule has 2 aromatic rings. The van der Waals surface area contributed by atoms with Crippen molar-refractivity contribution < 1.29 is 24.9 Å². The second-order valence-corrected chi connectivity index (χ2v) is 6.37. The average Bonchev–Trinajstić information content (AvgIpc) is 2.46. The van der Waals surface area contributed by atoms with Crippen molar-refractivity contribution >= 4 is 29.0 Å². The van der Waals surface area contributed by atoms with Crippen LogP contribution < -0.4 is 4.74 Å². The Kier molecular flexibility index (Phi) is 3.78. The summed E-state index contributed by atoms with van der Waals surface area (Å²) in [5.74, 6) is -0.995. The average molecular weight is 355 g/mol. The first kappa shape index (κ1) is 15.8. The molecule has 1 unspecified atom stereocenters. The first-order valence-electron chi connectivity index (χ1n) is 6.69. The van der Waals surface area contributed by atoms with Crippen molar-refractivity contribution in [2.24, 2.45) is 0 Å². The molecule has 7 heteroatoms. The fraction of sp³-hybridized carbons (Fsp3) is 0.188. The number of ether oxygens (including phenoxy) is 1. The topological polar surface area (TPSA) is 87.0 Å². The van der Waals surface area contributed by atoms with E-state index in [0.29, 0.717) is 5.56 Å². The van der Waals surface area contributed by atoms with Gasteiger partial charge in [0.2, 0.25) is 0 Å². The van der Waals surface area contributed by atoms with Gasteiger partial charge >= 0.3 is 0 Å². The lowest BCUT2D eigenvalue weighted by atomic mass is 9.85. The first-order valence-corrected chi connectivity index (χ1v) is 7.56. The molecule has 0 spiro atoms. The molecule has 0 amide bonds. The Morgan fingerprint density at radius 3 is 2.30 bits per heavy atom. The van der Waals surface area contributed by atoms with Crippen LogP contribution in [0.1, 0.15) is 22.3 Å². The molecular formula is C16H12Cl2O5. The number of carbonyl (C=O) groups excluding carboxylic acids is 1. The predicted octanol–water partition coefficient (Wildman–Crippen LogP) is 3.47. The highest BCUT2D eigenvalue weighted by molar-refractivity contribution is 6.45. The third-order valence-corrected chi connectivity index (χ3v) is 4.47. The summed E-state index contributed by atoms with van der Waals surface area (Å²) in [6.45, 7) is 0. The van der Waals surface area contributed by atoms with E-state index >= 15 is 0 Å². The number of hydrogen-bond donors (Lipinski definition) is 3. The van der Waals surface area contributed by atoms with Crippen molar-refractivity contribution in [1.82, 2.24) is 0 Å². The predicted molar refractivity (Wildman–Crippen MR) is 84.6 cm³/mol. The molecule has 0 saturated carbocycles. The number of aromatic hydroxyl groups is 3. The molecule has 0 aromatic heterocycles. The highest BCUT2D eigenvalue weighted by Crippen LogP contribution is 2.48. The molecule has 0 bridgehead atoms. The van der Waals surface area contributed by atoms with E-state index < -0.39 is 16.2 Å². The molecular weight excluding hydrogens is 343 g/mol. The Bertz CT molecular complexity index is 773. The minimum absolute atomic E-state index is 0.00174. The molecule has 0 aliphatic carbocycles. The van der Waals surface area contributed by atoms with Crippen LogP contribution in [0.25, 0.3) is 0 Å². The van der Waals surface area contributed by atoms with Crippen molar-refractivity contribution in [1.29, 1.82) is 0 Å². The summed E-state index contributed by atoms with van der Waals surface area (Å²) in [4.78, 5) is 11.4. The van der Waals surface area contributed by atoms with Gasteiger partial charge in [-0.2, -0.15) is 0 Å². The number of fused-ring (bicyclic) bond motifs is 1. The molecule has 1 aliphatic heterocycles. The van der Waals surface area contributed by atoms with Crippen LogP contribution in [0, 0.1) is 0 Å². The van der Waals surface area contributed by atoms with Crippen molar-refractivity contribution in [3.05, 3.63) is 47.5 Å². The van der Waals surface area contributed by atoms with E-state index in [2.05, 4.69) is 0 Å². The van der Waals surface area contributed by atoms with E-state index in [1.54, 1.807) is 12.1 Å². The largest absolute Gasteiger partial charge is 0.508 e. The van der Waals surface area contributed by atoms with Crippen LogP contribution >= 0.6 is 23.2 Å². The van der Waals surface area contributed by atoms with Gasteiger partial charge in [0.25, 0.3) is 0 Å². The van der Waals surface area contributed by atoms with Crippen LogP contribution in [-0.4, -0.2) is 25.9 Å². The lowest BCUT2D eigenvalue weighted by molar-refractivity contribution is 0.0460. The SMILES string of the molecule is O=C1CC(c2ccc(O)cc2)(C(Cl)Cl)Oc2cc(O)cc(O)c21. The molecule has 0 saturated heterocycles. The minimum atomic E-state index is -1.39. The Hall–Kier alpha value is -2.11. The van der Waals surface area contributed by atoms with Crippen molar-refractivity contribution in [2.75, 3.05) is 0 Å². The molecule has 0 radical (unpaired) electrons. The highest BCUT2D eigenvalue weighted by Gasteiger charge is 2.48. The van der Waals surface area contributed by atoms with Crippen molar-refractivity contribution in [2.45, 2.75) is 16.9 Å². The molecule has 23 heavy (non-hydrogen) atoms. The molecule has 120 valence electrons. The number of halogens is 2. The van der Waals surface area contributed by atoms with Crippen LogP contribution in [-0.2, 0) is 5.60 Å². The number of alkyl halides is 2. The van der Waals surface area contributed by atoms with Gasteiger partial charge in [0.1, 0.15) is 28.6 Å². The van der Waals surface area contributed by atoms with Gasteiger partial charge < -0.3 is 20.1 Å². The summed E-state index contributed by atoms with van der Waals surface area (Å²) in [6, 6.07) is 8.24. The van der Waals surface area contributed by atoms with Crippen LogP contribution in [0.3, 0.4) is 0 Å². The normalized spacial score (nSPS) is 20.2. The van der Waals surface area contributed by atoms with Crippen LogP contribution in [0.15, 0.2) is 36.4 Å². The van der Waals surface area contributed by atoms with Crippen molar-refractivity contribution in [3.63, 3.8) is 0 Å². The van der Waals surface area contributed by atoms with E-state index in [1.165, 1.54) is 18.2 Å². The van der Waals surface area contributed by atoms with Crippen LogP contribution in [0.4, 0.5) is 0 Å². The van der Waals surface area contributed by atoms with Gasteiger partial charge in [-0.1, -0.05) is 12.1 Å².